The fourth-order valence-electron chi connectivity index (χ4n) is 4.33. The van der Waals surface area contributed by atoms with Crippen molar-refractivity contribution in [1.29, 1.82) is 0 Å². The zero-order valence-corrected chi connectivity index (χ0v) is 12.7. The highest BCUT2D eigenvalue weighted by atomic mass is 16.1. The molecule has 23 heavy (non-hydrogen) atoms. The Morgan fingerprint density at radius 1 is 1.26 bits per heavy atom. The Morgan fingerprint density at radius 3 is 3.09 bits per heavy atom. The first-order chi connectivity index (χ1) is 11.3. The standard InChI is InChI=1S/C18H18N4O/c23-18(14-6-8-20-22-14)17-12-9-15-10(4-2-7-19-15)11-3-1-5-13(21-17)16(11)12/h1,3,5-6,8,10,15,19,21H,2,4,7,9H2,(H,20,22)/t10?,15-/m1/s1. The first kappa shape index (κ1) is 13.1. The summed E-state index contributed by atoms with van der Waals surface area (Å²) in [5.74, 6) is 0.529. The van der Waals surface area contributed by atoms with Crippen LogP contribution in [-0.2, 0) is 6.42 Å². The van der Waals surface area contributed by atoms with Gasteiger partial charge in [0.15, 0.2) is 0 Å². The molecule has 1 saturated heterocycles. The number of rotatable bonds is 2. The number of H-pyrrole nitrogens is 2. The van der Waals surface area contributed by atoms with Crippen LogP contribution < -0.4 is 5.32 Å². The predicted molar refractivity (Wildman–Crippen MR) is 87.8 cm³/mol. The Morgan fingerprint density at radius 2 is 2.22 bits per heavy atom. The molecule has 3 aromatic rings. The van der Waals surface area contributed by atoms with Gasteiger partial charge in [-0.25, -0.2) is 0 Å². The van der Waals surface area contributed by atoms with Gasteiger partial charge in [-0.2, -0.15) is 5.10 Å². The molecule has 0 amide bonds. The SMILES string of the molecule is O=C(c1cc[nH]n1)c1[nH]c2cccc3c2c1C[C@H]1NCCCC31. The van der Waals surface area contributed by atoms with Crippen molar-refractivity contribution in [2.75, 3.05) is 6.54 Å². The monoisotopic (exact) mass is 306 g/mol. The molecule has 1 aliphatic carbocycles. The lowest BCUT2D eigenvalue weighted by Gasteiger charge is -2.36. The van der Waals surface area contributed by atoms with Gasteiger partial charge in [0.1, 0.15) is 5.69 Å². The van der Waals surface area contributed by atoms with Crippen molar-refractivity contribution in [3.8, 4) is 0 Å². The molecule has 1 aromatic carbocycles. The van der Waals surface area contributed by atoms with Crippen molar-refractivity contribution >= 4 is 16.7 Å². The van der Waals surface area contributed by atoms with E-state index >= 15 is 0 Å². The fraction of sp³-hybridized carbons (Fsp3) is 0.333. The lowest BCUT2D eigenvalue weighted by molar-refractivity contribution is 0.102. The van der Waals surface area contributed by atoms with E-state index in [2.05, 4.69) is 38.7 Å². The second-order valence-corrected chi connectivity index (χ2v) is 6.55. The van der Waals surface area contributed by atoms with Crippen molar-refractivity contribution < 1.29 is 4.79 Å². The molecule has 5 rings (SSSR count). The highest BCUT2D eigenvalue weighted by molar-refractivity contribution is 6.11. The molecule has 1 unspecified atom stereocenters. The molecule has 3 heterocycles. The topological polar surface area (TPSA) is 73.6 Å². The zero-order chi connectivity index (χ0) is 15.4. The summed E-state index contributed by atoms with van der Waals surface area (Å²) in [7, 11) is 0. The van der Waals surface area contributed by atoms with Crippen LogP contribution in [0, 0.1) is 0 Å². The van der Waals surface area contributed by atoms with E-state index in [0.29, 0.717) is 23.3 Å². The van der Waals surface area contributed by atoms with Crippen molar-refractivity contribution in [2.24, 2.45) is 0 Å². The maximum Gasteiger partial charge on any atom is 0.229 e. The van der Waals surface area contributed by atoms with Gasteiger partial charge in [-0.1, -0.05) is 12.1 Å². The lowest BCUT2D eigenvalue weighted by atomic mass is 9.75. The van der Waals surface area contributed by atoms with Gasteiger partial charge in [0.2, 0.25) is 5.78 Å². The van der Waals surface area contributed by atoms with Gasteiger partial charge in [-0.05, 0) is 49.1 Å². The number of ketones is 1. The summed E-state index contributed by atoms with van der Waals surface area (Å²) in [6, 6.07) is 8.55. The number of aromatic nitrogens is 3. The molecule has 5 heteroatoms. The molecular weight excluding hydrogens is 288 g/mol. The molecule has 3 N–H and O–H groups in total. The fourth-order valence-corrected chi connectivity index (χ4v) is 4.33. The van der Waals surface area contributed by atoms with Gasteiger partial charge in [0, 0.05) is 29.1 Å². The minimum absolute atomic E-state index is 0.0299. The summed E-state index contributed by atoms with van der Waals surface area (Å²) in [6.45, 7) is 1.07. The number of benzene rings is 1. The van der Waals surface area contributed by atoms with Gasteiger partial charge in [0.25, 0.3) is 0 Å². The Hall–Kier alpha value is -2.40. The Balaban J connectivity index is 1.72. The van der Waals surface area contributed by atoms with E-state index in [1.165, 1.54) is 23.8 Å². The minimum atomic E-state index is -0.0299. The number of hydrogen-bond acceptors (Lipinski definition) is 3. The van der Waals surface area contributed by atoms with E-state index in [1.54, 1.807) is 12.3 Å². The third kappa shape index (κ3) is 1.83. The molecule has 5 nitrogen and oxygen atoms in total. The van der Waals surface area contributed by atoms with Gasteiger partial charge in [-0.3, -0.25) is 9.89 Å². The van der Waals surface area contributed by atoms with E-state index in [9.17, 15) is 4.79 Å². The van der Waals surface area contributed by atoms with E-state index in [4.69, 9.17) is 0 Å². The number of fused-ring (bicyclic) bond motifs is 2. The Bertz CT molecular complexity index is 893. The Labute approximate surface area is 133 Å². The molecule has 0 bridgehead atoms. The zero-order valence-electron chi connectivity index (χ0n) is 12.7. The summed E-state index contributed by atoms with van der Waals surface area (Å²) >= 11 is 0. The average molecular weight is 306 g/mol. The minimum Gasteiger partial charge on any atom is -0.352 e. The number of carbonyl (C=O) groups is 1. The van der Waals surface area contributed by atoms with Crippen LogP contribution in [0.25, 0.3) is 10.9 Å². The highest BCUT2D eigenvalue weighted by Crippen LogP contribution is 2.42. The molecule has 0 spiro atoms. The van der Waals surface area contributed by atoms with Crippen molar-refractivity contribution in [1.82, 2.24) is 20.5 Å². The van der Waals surface area contributed by atoms with Crippen LogP contribution in [0.5, 0.6) is 0 Å². The number of hydrogen-bond donors (Lipinski definition) is 3. The van der Waals surface area contributed by atoms with Crippen LogP contribution in [0.2, 0.25) is 0 Å². The summed E-state index contributed by atoms with van der Waals surface area (Å²) in [5, 5.41) is 11.7. The molecule has 116 valence electrons. The predicted octanol–water partition coefficient (Wildman–Crippen LogP) is 2.51. The molecule has 1 aliphatic heterocycles. The van der Waals surface area contributed by atoms with Crippen LogP contribution in [0.3, 0.4) is 0 Å². The average Bonchev–Trinajstić information content (AvgIpc) is 3.24. The number of aromatic amines is 2. The van der Waals surface area contributed by atoms with E-state index < -0.39 is 0 Å². The van der Waals surface area contributed by atoms with Gasteiger partial charge in [-0.15, -0.1) is 0 Å². The van der Waals surface area contributed by atoms with Crippen molar-refractivity contribution in [3.63, 3.8) is 0 Å². The largest absolute Gasteiger partial charge is 0.352 e. The second kappa shape index (κ2) is 4.80. The molecule has 1 fully saturated rings. The van der Waals surface area contributed by atoms with Crippen LogP contribution in [0.4, 0.5) is 0 Å². The first-order valence-corrected chi connectivity index (χ1v) is 8.24. The lowest BCUT2D eigenvalue weighted by Crippen LogP contribution is -2.43. The summed E-state index contributed by atoms with van der Waals surface area (Å²) in [5.41, 5.74) is 4.77. The number of piperidine rings is 1. The van der Waals surface area contributed by atoms with Gasteiger partial charge < -0.3 is 10.3 Å². The number of nitrogens with zero attached hydrogens (tertiary/aromatic N) is 1. The summed E-state index contributed by atoms with van der Waals surface area (Å²) in [6.07, 6.45) is 5.04. The summed E-state index contributed by atoms with van der Waals surface area (Å²) in [4.78, 5) is 16.2. The number of carbonyl (C=O) groups excluding carboxylic acids is 1. The molecule has 0 saturated carbocycles. The first-order valence-electron chi connectivity index (χ1n) is 8.24. The van der Waals surface area contributed by atoms with Crippen molar-refractivity contribution in [3.05, 3.63) is 53.0 Å². The van der Waals surface area contributed by atoms with Crippen LogP contribution in [-0.4, -0.2) is 33.6 Å². The maximum absolute atomic E-state index is 12.8. The normalized spacial score (nSPS) is 23.0. The number of nitrogens with one attached hydrogen (secondary N) is 3. The molecule has 2 aliphatic rings. The van der Waals surface area contributed by atoms with Crippen LogP contribution in [0.15, 0.2) is 30.5 Å². The van der Waals surface area contributed by atoms with Crippen LogP contribution in [0.1, 0.15) is 46.1 Å². The van der Waals surface area contributed by atoms with E-state index in [-0.39, 0.29) is 5.78 Å². The van der Waals surface area contributed by atoms with Gasteiger partial charge >= 0.3 is 0 Å². The van der Waals surface area contributed by atoms with E-state index in [1.807, 2.05) is 0 Å². The van der Waals surface area contributed by atoms with Gasteiger partial charge in [0.05, 0.1) is 5.69 Å². The molecular formula is C18H18N4O. The third-order valence-electron chi connectivity index (χ3n) is 5.33. The smallest absolute Gasteiger partial charge is 0.229 e. The molecule has 2 aromatic heterocycles. The highest BCUT2D eigenvalue weighted by Gasteiger charge is 2.35. The van der Waals surface area contributed by atoms with Crippen molar-refractivity contribution in [2.45, 2.75) is 31.2 Å². The second-order valence-electron chi connectivity index (χ2n) is 6.55. The quantitative estimate of drug-likeness (QED) is 0.637. The maximum atomic E-state index is 12.8. The third-order valence-corrected chi connectivity index (χ3v) is 5.33. The molecule has 0 radical (unpaired) electrons. The summed E-state index contributed by atoms with van der Waals surface area (Å²) < 4.78 is 0. The molecule has 2 atom stereocenters. The Kier molecular flexibility index (Phi) is 2.73. The van der Waals surface area contributed by atoms with Crippen LogP contribution >= 0.6 is 0 Å². The van der Waals surface area contributed by atoms with E-state index in [0.717, 1.165) is 24.0 Å².